The molecule has 0 aliphatic carbocycles. The second-order valence-electron chi connectivity index (χ2n) is 6.11. The van der Waals surface area contributed by atoms with Gasteiger partial charge in [0, 0.05) is 11.8 Å². The Balaban J connectivity index is 2.73. The summed E-state index contributed by atoms with van der Waals surface area (Å²) in [5, 5.41) is 17.6. The third-order valence-corrected chi connectivity index (χ3v) is 4.51. The van der Waals surface area contributed by atoms with Gasteiger partial charge in [0.15, 0.2) is 0 Å². The lowest BCUT2D eigenvalue weighted by Gasteiger charge is -2.28. The fraction of sp³-hybridized carbons (Fsp3) is 0.846. The smallest absolute Gasteiger partial charge is 0.452 e. The predicted octanol–water partition coefficient (Wildman–Crippen LogP) is 0.743. The maximum absolute atomic E-state index is 12.2. The van der Waals surface area contributed by atoms with E-state index < -0.39 is 30.8 Å². The number of ether oxygens (including phenoxy) is 2. The molecule has 9 heteroatoms. The molecule has 1 aliphatic rings. The van der Waals surface area contributed by atoms with Crippen molar-refractivity contribution in [1.82, 2.24) is 4.90 Å². The molecule has 1 fully saturated rings. The van der Waals surface area contributed by atoms with Crippen LogP contribution in [0.4, 0.5) is 4.79 Å². The first-order valence-corrected chi connectivity index (χ1v) is 8.25. The number of carbonyl (C=O) groups is 2. The van der Waals surface area contributed by atoms with Crippen LogP contribution < -0.4 is 0 Å². The van der Waals surface area contributed by atoms with Crippen LogP contribution >= 0.6 is 11.8 Å². The molecule has 2 N–H and O–H groups in total. The topological polar surface area (TPSA) is 96.3 Å². The highest BCUT2D eigenvalue weighted by molar-refractivity contribution is 8.00. The van der Waals surface area contributed by atoms with Crippen LogP contribution in [0.15, 0.2) is 0 Å². The fourth-order valence-corrected chi connectivity index (χ4v) is 3.55. The molecule has 0 aromatic carbocycles. The van der Waals surface area contributed by atoms with E-state index in [1.165, 1.54) is 23.8 Å². The highest BCUT2D eigenvalue weighted by Crippen LogP contribution is 2.31. The summed E-state index contributed by atoms with van der Waals surface area (Å²) in [6.07, 6.45) is 0.306. The van der Waals surface area contributed by atoms with Crippen molar-refractivity contribution >= 4 is 30.9 Å². The van der Waals surface area contributed by atoms with Gasteiger partial charge in [0.05, 0.1) is 7.11 Å². The van der Waals surface area contributed by atoms with Gasteiger partial charge in [-0.25, -0.2) is 9.59 Å². The second-order valence-corrected chi connectivity index (χ2v) is 7.46. The molecule has 7 nitrogen and oxygen atoms in total. The lowest BCUT2D eigenvalue weighted by atomic mass is 9.88. The van der Waals surface area contributed by atoms with Gasteiger partial charge in [-0.15, -0.1) is 0 Å². The number of likely N-dealkylation sites (tertiary alicyclic amines) is 1. The Hall–Kier alpha value is -0.925. The highest BCUT2D eigenvalue weighted by atomic mass is 32.2. The van der Waals surface area contributed by atoms with Crippen LogP contribution in [0.1, 0.15) is 27.2 Å². The minimum Gasteiger partial charge on any atom is -0.467 e. The van der Waals surface area contributed by atoms with Crippen molar-refractivity contribution in [2.45, 2.75) is 50.4 Å². The number of hydrogen-bond acceptors (Lipinski definition) is 7. The normalized spacial score (nSPS) is 21.6. The van der Waals surface area contributed by atoms with Crippen molar-refractivity contribution in [2.24, 2.45) is 0 Å². The average molecular weight is 333 g/mol. The Bertz CT molecular complexity index is 400. The quantitative estimate of drug-likeness (QED) is 0.566. The highest BCUT2D eigenvalue weighted by Gasteiger charge is 2.44. The molecule has 2 atom stereocenters. The van der Waals surface area contributed by atoms with Crippen molar-refractivity contribution in [3.63, 3.8) is 0 Å². The Morgan fingerprint density at radius 3 is 2.50 bits per heavy atom. The molecule has 0 aromatic heterocycles. The van der Waals surface area contributed by atoms with E-state index in [1.54, 1.807) is 20.8 Å². The van der Waals surface area contributed by atoms with E-state index in [-0.39, 0.29) is 11.6 Å². The lowest BCUT2D eigenvalue weighted by Crippen LogP contribution is -2.46. The minimum atomic E-state index is -1.37. The van der Waals surface area contributed by atoms with Crippen LogP contribution in [0.2, 0.25) is 6.32 Å². The van der Waals surface area contributed by atoms with Gasteiger partial charge in [-0.1, -0.05) is 0 Å². The molecule has 0 radical (unpaired) electrons. The zero-order valence-electron chi connectivity index (χ0n) is 13.4. The van der Waals surface area contributed by atoms with Crippen LogP contribution in [-0.2, 0) is 14.3 Å². The SMILES string of the molecule is COC(=O)[C@@H]1[C@H](SCCB(O)O)CCN1C(=O)OC(C)(C)C. The Morgan fingerprint density at radius 1 is 1.36 bits per heavy atom. The number of thioether (sulfide) groups is 1. The van der Waals surface area contributed by atoms with Gasteiger partial charge in [0.1, 0.15) is 11.6 Å². The van der Waals surface area contributed by atoms with Crippen molar-refractivity contribution in [2.75, 3.05) is 19.4 Å². The Labute approximate surface area is 135 Å². The average Bonchev–Trinajstić information content (AvgIpc) is 2.79. The summed E-state index contributed by atoms with van der Waals surface area (Å²) in [5.74, 6) is 0.00301. The molecule has 0 saturated carbocycles. The molecular formula is C13H24BNO6S. The summed E-state index contributed by atoms with van der Waals surface area (Å²) >= 11 is 1.43. The van der Waals surface area contributed by atoms with Crippen LogP contribution in [0.3, 0.4) is 0 Å². The maximum atomic E-state index is 12.2. The van der Waals surface area contributed by atoms with E-state index in [9.17, 15) is 9.59 Å². The van der Waals surface area contributed by atoms with Crippen molar-refractivity contribution in [1.29, 1.82) is 0 Å². The van der Waals surface area contributed by atoms with E-state index in [2.05, 4.69) is 0 Å². The zero-order chi connectivity index (χ0) is 16.9. The monoisotopic (exact) mass is 333 g/mol. The standard InChI is InChI=1S/C13H24BNO6S/c1-13(2,3)21-12(17)15-7-5-9(10(15)11(16)20-4)22-8-6-14(18)19/h9-10,18-19H,5-8H2,1-4H3/t9-,10+/m1/s1. The first kappa shape index (κ1) is 19.1. The fourth-order valence-electron chi connectivity index (χ4n) is 2.19. The minimum absolute atomic E-state index is 0.140. The molecule has 126 valence electrons. The molecule has 1 aliphatic heterocycles. The summed E-state index contributed by atoms with van der Waals surface area (Å²) in [7, 11) is -0.0833. The van der Waals surface area contributed by atoms with E-state index >= 15 is 0 Å². The molecule has 1 heterocycles. The Morgan fingerprint density at radius 2 is 2.00 bits per heavy atom. The number of amides is 1. The molecular weight excluding hydrogens is 309 g/mol. The van der Waals surface area contributed by atoms with Crippen LogP contribution in [0.25, 0.3) is 0 Å². The van der Waals surface area contributed by atoms with E-state index in [4.69, 9.17) is 19.5 Å². The first-order valence-electron chi connectivity index (χ1n) is 7.21. The number of methoxy groups -OCH3 is 1. The summed E-state index contributed by atoms with van der Waals surface area (Å²) in [6, 6.07) is -0.708. The van der Waals surface area contributed by atoms with E-state index in [1.807, 2.05) is 0 Å². The van der Waals surface area contributed by atoms with E-state index in [0.29, 0.717) is 18.7 Å². The Kier molecular flexibility index (Phi) is 7.02. The van der Waals surface area contributed by atoms with Gasteiger partial charge < -0.3 is 19.5 Å². The number of esters is 1. The number of nitrogens with zero attached hydrogens (tertiary/aromatic N) is 1. The van der Waals surface area contributed by atoms with Crippen LogP contribution in [0.5, 0.6) is 0 Å². The third-order valence-electron chi connectivity index (χ3n) is 3.12. The summed E-state index contributed by atoms with van der Waals surface area (Å²) in [5.41, 5.74) is -0.635. The molecule has 1 saturated heterocycles. The van der Waals surface area contributed by atoms with E-state index in [0.717, 1.165) is 0 Å². The molecule has 0 unspecified atom stereocenters. The van der Waals surface area contributed by atoms with Gasteiger partial charge in [-0.2, -0.15) is 11.8 Å². The largest absolute Gasteiger partial charge is 0.467 e. The third kappa shape index (κ3) is 5.70. The van der Waals surface area contributed by atoms with Crippen molar-refractivity contribution in [3.05, 3.63) is 0 Å². The van der Waals surface area contributed by atoms with Crippen LogP contribution in [0, 0.1) is 0 Å². The first-order chi connectivity index (χ1) is 10.2. The van der Waals surface area contributed by atoms with Gasteiger partial charge in [0.25, 0.3) is 0 Å². The number of hydrogen-bond donors (Lipinski definition) is 2. The van der Waals surface area contributed by atoms with Gasteiger partial charge in [0.2, 0.25) is 0 Å². The molecule has 0 spiro atoms. The summed E-state index contributed by atoms with van der Waals surface area (Å²) in [4.78, 5) is 25.6. The van der Waals surface area contributed by atoms with Gasteiger partial charge >= 0.3 is 19.2 Å². The molecule has 0 aromatic rings. The summed E-state index contributed by atoms with van der Waals surface area (Å²) in [6.45, 7) is 5.71. The zero-order valence-corrected chi connectivity index (χ0v) is 14.3. The molecule has 1 rings (SSSR count). The van der Waals surface area contributed by atoms with Crippen molar-refractivity contribution in [3.8, 4) is 0 Å². The van der Waals surface area contributed by atoms with Crippen LogP contribution in [-0.4, -0.2) is 70.4 Å². The van der Waals surface area contributed by atoms with Gasteiger partial charge in [-0.05, 0) is 39.3 Å². The summed E-state index contributed by atoms with van der Waals surface area (Å²) < 4.78 is 10.1. The predicted molar refractivity (Wildman–Crippen MR) is 84.6 cm³/mol. The van der Waals surface area contributed by atoms with Gasteiger partial charge in [-0.3, -0.25) is 4.90 Å². The molecule has 1 amide bonds. The van der Waals surface area contributed by atoms with Crippen molar-refractivity contribution < 1.29 is 29.1 Å². The maximum Gasteiger partial charge on any atom is 0.452 e. The number of carbonyl (C=O) groups excluding carboxylic acids is 2. The molecule has 0 bridgehead atoms. The molecule has 22 heavy (non-hydrogen) atoms. The lowest BCUT2D eigenvalue weighted by molar-refractivity contribution is -0.145. The second kappa shape index (κ2) is 8.08. The number of rotatable bonds is 5.